The molecule has 1 aromatic carbocycles. The van der Waals surface area contributed by atoms with Crippen LogP contribution in [0.5, 0.6) is 0 Å². The van der Waals surface area contributed by atoms with Crippen molar-refractivity contribution in [3.63, 3.8) is 0 Å². The van der Waals surface area contributed by atoms with Crippen molar-refractivity contribution in [3.8, 4) is 0 Å². The second kappa shape index (κ2) is 5.35. The highest BCUT2D eigenvalue weighted by molar-refractivity contribution is 9.10. The number of benzene rings is 1. The summed E-state index contributed by atoms with van der Waals surface area (Å²) < 4.78 is 14.9. The molecule has 19 heavy (non-hydrogen) atoms. The van der Waals surface area contributed by atoms with Gasteiger partial charge in [0, 0.05) is 22.2 Å². The molecule has 1 saturated carbocycles. The first-order chi connectivity index (χ1) is 8.82. The van der Waals surface area contributed by atoms with Crippen molar-refractivity contribution in [2.75, 3.05) is 0 Å². The molecule has 0 aliphatic heterocycles. The van der Waals surface area contributed by atoms with Gasteiger partial charge >= 0.3 is 0 Å². The number of halogens is 2. The lowest BCUT2D eigenvalue weighted by atomic mass is 9.65. The van der Waals surface area contributed by atoms with E-state index in [9.17, 15) is 9.18 Å². The van der Waals surface area contributed by atoms with E-state index in [0.29, 0.717) is 17.9 Å². The third kappa shape index (κ3) is 2.91. The fourth-order valence-corrected chi connectivity index (χ4v) is 3.50. The molecule has 1 nitrogen and oxygen atoms in total. The summed E-state index contributed by atoms with van der Waals surface area (Å²) in [7, 11) is 0. The molecule has 0 amide bonds. The van der Waals surface area contributed by atoms with Crippen molar-refractivity contribution in [2.24, 2.45) is 11.8 Å². The van der Waals surface area contributed by atoms with Gasteiger partial charge in [-0.3, -0.25) is 4.79 Å². The van der Waals surface area contributed by atoms with E-state index in [-0.39, 0.29) is 17.5 Å². The van der Waals surface area contributed by atoms with E-state index < -0.39 is 5.41 Å². The van der Waals surface area contributed by atoms with Crippen LogP contribution in [-0.4, -0.2) is 5.78 Å². The Morgan fingerprint density at radius 1 is 1.32 bits per heavy atom. The fourth-order valence-electron chi connectivity index (χ4n) is 3.14. The van der Waals surface area contributed by atoms with Gasteiger partial charge in [-0.05, 0) is 42.5 Å². The largest absolute Gasteiger partial charge is 0.299 e. The van der Waals surface area contributed by atoms with Crippen molar-refractivity contribution in [1.29, 1.82) is 0 Å². The minimum atomic E-state index is -0.453. The van der Waals surface area contributed by atoms with Crippen LogP contribution < -0.4 is 0 Å². The number of rotatable bonds is 2. The standard InChI is InChI=1S/C16H20BrFO/c1-10-4-6-12(15(19)8-10)16(2,3)13-9-11(17)5-7-14(13)18/h5,7,9-10,12H,4,6,8H2,1-3H3. The summed E-state index contributed by atoms with van der Waals surface area (Å²) in [5.41, 5.74) is 0.181. The first-order valence-electron chi connectivity index (χ1n) is 6.80. The molecule has 1 aliphatic carbocycles. The molecule has 2 atom stereocenters. The summed E-state index contributed by atoms with van der Waals surface area (Å²) >= 11 is 3.39. The van der Waals surface area contributed by atoms with Gasteiger partial charge in [-0.2, -0.15) is 0 Å². The van der Waals surface area contributed by atoms with Crippen LogP contribution in [0.25, 0.3) is 0 Å². The summed E-state index contributed by atoms with van der Waals surface area (Å²) in [4.78, 5) is 12.3. The Kier molecular flexibility index (Phi) is 4.14. The molecule has 0 aromatic heterocycles. The smallest absolute Gasteiger partial charge is 0.137 e. The highest BCUT2D eigenvalue weighted by Gasteiger charge is 2.40. The number of Topliss-reactive ketones (excluding diaryl/α,β-unsaturated/α-hetero) is 1. The normalized spacial score (nSPS) is 24.6. The molecule has 3 heteroatoms. The van der Waals surface area contributed by atoms with E-state index in [1.165, 1.54) is 6.07 Å². The van der Waals surface area contributed by atoms with Crippen LogP contribution in [0.2, 0.25) is 0 Å². The quantitative estimate of drug-likeness (QED) is 0.757. The average molecular weight is 327 g/mol. The van der Waals surface area contributed by atoms with Crippen LogP contribution in [0.15, 0.2) is 22.7 Å². The Bertz CT molecular complexity index is 496. The highest BCUT2D eigenvalue weighted by atomic mass is 79.9. The fraction of sp³-hybridized carbons (Fsp3) is 0.562. The second-order valence-electron chi connectivity index (χ2n) is 6.25. The maximum absolute atomic E-state index is 14.1. The lowest BCUT2D eigenvalue weighted by Gasteiger charge is -2.38. The second-order valence-corrected chi connectivity index (χ2v) is 7.17. The third-order valence-electron chi connectivity index (χ3n) is 4.38. The molecular formula is C16H20BrFO. The molecule has 2 unspecified atom stereocenters. The van der Waals surface area contributed by atoms with Crippen LogP contribution in [0.1, 0.15) is 45.6 Å². The van der Waals surface area contributed by atoms with Crippen LogP contribution in [0.3, 0.4) is 0 Å². The predicted octanol–water partition coefficient (Wildman–Crippen LogP) is 4.87. The van der Waals surface area contributed by atoms with Gasteiger partial charge in [-0.1, -0.05) is 36.7 Å². The number of hydrogen-bond donors (Lipinski definition) is 0. The van der Waals surface area contributed by atoms with Gasteiger partial charge in [0.2, 0.25) is 0 Å². The van der Waals surface area contributed by atoms with E-state index in [1.807, 2.05) is 13.8 Å². The minimum absolute atomic E-state index is 0.0764. The number of hydrogen-bond acceptors (Lipinski definition) is 1. The first kappa shape index (κ1) is 14.7. The lowest BCUT2D eigenvalue weighted by molar-refractivity contribution is -0.128. The van der Waals surface area contributed by atoms with Gasteiger partial charge in [-0.25, -0.2) is 4.39 Å². The third-order valence-corrected chi connectivity index (χ3v) is 4.87. The molecule has 0 saturated heterocycles. The summed E-state index contributed by atoms with van der Waals surface area (Å²) in [6.45, 7) is 6.08. The van der Waals surface area contributed by atoms with Crippen molar-refractivity contribution in [1.82, 2.24) is 0 Å². The van der Waals surface area contributed by atoms with Crippen molar-refractivity contribution in [3.05, 3.63) is 34.1 Å². The van der Waals surface area contributed by atoms with Gasteiger partial charge < -0.3 is 0 Å². The van der Waals surface area contributed by atoms with E-state index in [4.69, 9.17) is 0 Å². The van der Waals surface area contributed by atoms with Gasteiger partial charge in [0.1, 0.15) is 11.6 Å². The Morgan fingerprint density at radius 3 is 2.63 bits per heavy atom. The average Bonchev–Trinajstić information content (AvgIpc) is 2.31. The van der Waals surface area contributed by atoms with Gasteiger partial charge in [0.25, 0.3) is 0 Å². The molecule has 0 heterocycles. The van der Waals surface area contributed by atoms with E-state index in [1.54, 1.807) is 12.1 Å². The molecule has 104 valence electrons. The van der Waals surface area contributed by atoms with Crippen LogP contribution in [-0.2, 0) is 10.2 Å². The monoisotopic (exact) mass is 326 g/mol. The Balaban J connectivity index is 2.36. The van der Waals surface area contributed by atoms with Crippen molar-refractivity contribution < 1.29 is 9.18 Å². The molecule has 1 aliphatic rings. The van der Waals surface area contributed by atoms with E-state index in [2.05, 4.69) is 22.9 Å². The summed E-state index contributed by atoms with van der Waals surface area (Å²) in [5, 5.41) is 0. The molecular weight excluding hydrogens is 307 g/mol. The van der Waals surface area contributed by atoms with Gasteiger partial charge in [0.05, 0.1) is 0 Å². The zero-order valence-electron chi connectivity index (χ0n) is 11.7. The number of ketones is 1. The number of carbonyl (C=O) groups is 1. The maximum Gasteiger partial charge on any atom is 0.137 e. The van der Waals surface area contributed by atoms with Crippen molar-refractivity contribution in [2.45, 2.75) is 45.4 Å². The van der Waals surface area contributed by atoms with Crippen LogP contribution >= 0.6 is 15.9 Å². The summed E-state index contributed by atoms with van der Waals surface area (Å²) in [6, 6.07) is 4.97. The minimum Gasteiger partial charge on any atom is -0.299 e. The molecule has 0 radical (unpaired) electrons. The molecule has 2 rings (SSSR count). The SMILES string of the molecule is CC1CCC(C(C)(C)c2cc(Br)ccc2F)C(=O)C1. The maximum atomic E-state index is 14.1. The summed E-state index contributed by atoms with van der Waals surface area (Å²) in [6.07, 6.45) is 2.54. The van der Waals surface area contributed by atoms with Crippen LogP contribution in [0.4, 0.5) is 4.39 Å². The molecule has 1 aromatic rings. The topological polar surface area (TPSA) is 17.1 Å². The Labute approximate surface area is 122 Å². The molecule has 0 N–H and O–H groups in total. The molecule has 1 fully saturated rings. The summed E-state index contributed by atoms with van der Waals surface area (Å²) in [5.74, 6) is 0.446. The zero-order chi connectivity index (χ0) is 14.2. The first-order valence-corrected chi connectivity index (χ1v) is 7.60. The lowest BCUT2D eigenvalue weighted by Crippen LogP contribution is -2.39. The van der Waals surface area contributed by atoms with E-state index in [0.717, 1.165) is 17.3 Å². The number of carbonyl (C=O) groups excluding carboxylic acids is 1. The van der Waals surface area contributed by atoms with Crippen LogP contribution in [0, 0.1) is 17.7 Å². The Hall–Kier alpha value is -0.700. The zero-order valence-corrected chi connectivity index (χ0v) is 13.3. The predicted molar refractivity (Wildman–Crippen MR) is 78.6 cm³/mol. The van der Waals surface area contributed by atoms with Gasteiger partial charge in [-0.15, -0.1) is 0 Å². The van der Waals surface area contributed by atoms with E-state index >= 15 is 0 Å². The highest BCUT2D eigenvalue weighted by Crippen LogP contribution is 2.41. The van der Waals surface area contributed by atoms with Crippen molar-refractivity contribution >= 4 is 21.7 Å². The Morgan fingerprint density at radius 2 is 2.00 bits per heavy atom. The molecule has 0 spiro atoms. The van der Waals surface area contributed by atoms with Gasteiger partial charge in [0.15, 0.2) is 0 Å². The molecule has 0 bridgehead atoms.